The van der Waals surface area contributed by atoms with Crippen molar-refractivity contribution in [3.8, 4) is 0 Å². The van der Waals surface area contributed by atoms with Crippen molar-refractivity contribution in [3.63, 3.8) is 0 Å². The number of benzene rings is 1. The van der Waals surface area contributed by atoms with E-state index in [9.17, 15) is 20.2 Å². The fourth-order valence-corrected chi connectivity index (χ4v) is 5.44. The van der Waals surface area contributed by atoms with Gasteiger partial charge in [0.05, 0.1) is 14.4 Å². The summed E-state index contributed by atoms with van der Waals surface area (Å²) < 4.78 is 0.0203. The lowest BCUT2D eigenvalue weighted by Crippen LogP contribution is -2.24. The molecule has 0 atom stereocenters. The molecular weight excluding hydrogens is 338 g/mol. The van der Waals surface area contributed by atoms with Gasteiger partial charge in [0, 0.05) is 25.2 Å². The van der Waals surface area contributed by atoms with Crippen molar-refractivity contribution in [2.45, 2.75) is 24.9 Å². The summed E-state index contributed by atoms with van der Waals surface area (Å²) in [4.78, 5) is 23.7. The summed E-state index contributed by atoms with van der Waals surface area (Å²) in [6.07, 6.45) is 1.09. The molecule has 0 aromatic heterocycles. The standard InChI is InChI=1S/C14H19N3O4S2/c1-3-15(4-2)13-11(16(18)19)8-10(9-12(13)17(20)21)14-22-6-5-7-23-14/h8-9,14H,3-7H2,1-2H3. The van der Waals surface area contributed by atoms with E-state index in [0.29, 0.717) is 18.7 Å². The molecule has 0 bridgehead atoms. The van der Waals surface area contributed by atoms with Crippen LogP contribution in [0.1, 0.15) is 30.4 Å². The molecule has 0 N–H and O–H groups in total. The second-order valence-electron chi connectivity index (χ2n) is 5.02. The van der Waals surface area contributed by atoms with Crippen LogP contribution in [0.15, 0.2) is 12.1 Å². The Bertz CT molecular complexity index is 567. The number of hydrogen-bond acceptors (Lipinski definition) is 7. The van der Waals surface area contributed by atoms with E-state index in [0.717, 1.165) is 17.9 Å². The van der Waals surface area contributed by atoms with Crippen LogP contribution in [0.5, 0.6) is 0 Å². The van der Waals surface area contributed by atoms with E-state index >= 15 is 0 Å². The van der Waals surface area contributed by atoms with Crippen molar-refractivity contribution in [2.75, 3.05) is 29.5 Å². The maximum absolute atomic E-state index is 11.5. The molecule has 0 radical (unpaired) electrons. The topological polar surface area (TPSA) is 89.5 Å². The van der Waals surface area contributed by atoms with Gasteiger partial charge >= 0.3 is 0 Å². The molecule has 1 saturated heterocycles. The lowest BCUT2D eigenvalue weighted by atomic mass is 10.1. The largest absolute Gasteiger partial charge is 0.361 e. The SMILES string of the molecule is CCN(CC)c1c([N+](=O)[O-])cc(C2SCCCS2)cc1[N+](=O)[O-]. The molecule has 126 valence electrons. The summed E-state index contributed by atoms with van der Waals surface area (Å²) in [6, 6.07) is 3.02. The highest BCUT2D eigenvalue weighted by molar-refractivity contribution is 8.16. The first-order valence-electron chi connectivity index (χ1n) is 7.44. The van der Waals surface area contributed by atoms with Crippen molar-refractivity contribution in [1.29, 1.82) is 0 Å². The highest BCUT2D eigenvalue weighted by Crippen LogP contribution is 2.48. The minimum absolute atomic E-state index is 0.0203. The molecule has 0 spiro atoms. The normalized spacial score (nSPS) is 15.4. The molecule has 1 fully saturated rings. The highest BCUT2D eigenvalue weighted by atomic mass is 32.2. The maximum Gasteiger partial charge on any atom is 0.300 e. The zero-order chi connectivity index (χ0) is 17.0. The van der Waals surface area contributed by atoms with Crippen LogP contribution in [0.3, 0.4) is 0 Å². The van der Waals surface area contributed by atoms with Gasteiger partial charge in [-0.2, -0.15) is 0 Å². The van der Waals surface area contributed by atoms with Crippen molar-refractivity contribution in [1.82, 2.24) is 0 Å². The van der Waals surface area contributed by atoms with Gasteiger partial charge in [0.2, 0.25) is 0 Å². The molecule has 0 aliphatic carbocycles. The third-order valence-corrected chi connectivity index (χ3v) is 6.68. The van der Waals surface area contributed by atoms with Crippen LogP contribution in [0.4, 0.5) is 17.1 Å². The van der Waals surface area contributed by atoms with Gasteiger partial charge in [-0.25, -0.2) is 0 Å². The zero-order valence-corrected chi connectivity index (χ0v) is 14.7. The van der Waals surface area contributed by atoms with Gasteiger partial charge in [-0.3, -0.25) is 20.2 Å². The Balaban J connectivity index is 2.60. The van der Waals surface area contributed by atoms with Crippen LogP contribution in [0, 0.1) is 20.2 Å². The van der Waals surface area contributed by atoms with E-state index in [1.807, 2.05) is 13.8 Å². The average molecular weight is 357 g/mol. The van der Waals surface area contributed by atoms with Gasteiger partial charge in [-0.1, -0.05) is 0 Å². The number of hydrogen-bond donors (Lipinski definition) is 0. The molecule has 1 aromatic rings. The van der Waals surface area contributed by atoms with E-state index in [2.05, 4.69) is 0 Å². The third-order valence-electron chi connectivity index (χ3n) is 3.66. The molecule has 0 saturated carbocycles. The monoisotopic (exact) mass is 357 g/mol. The molecule has 9 heteroatoms. The Labute approximate surface area is 143 Å². The van der Waals surface area contributed by atoms with Crippen LogP contribution in [-0.2, 0) is 0 Å². The Hall–Kier alpha value is -1.48. The average Bonchev–Trinajstić information content (AvgIpc) is 2.56. The van der Waals surface area contributed by atoms with Crippen molar-refractivity contribution < 1.29 is 9.85 Å². The lowest BCUT2D eigenvalue weighted by Gasteiger charge is -2.24. The van der Waals surface area contributed by atoms with Gasteiger partial charge in [-0.05, 0) is 37.3 Å². The van der Waals surface area contributed by atoms with Crippen LogP contribution in [-0.4, -0.2) is 34.4 Å². The zero-order valence-electron chi connectivity index (χ0n) is 13.1. The lowest BCUT2D eigenvalue weighted by molar-refractivity contribution is -0.392. The Morgan fingerprint density at radius 1 is 1.09 bits per heavy atom. The van der Waals surface area contributed by atoms with E-state index in [1.165, 1.54) is 12.1 Å². The first kappa shape index (κ1) is 17.9. The predicted molar refractivity (Wildman–Crippen MR) is 95.6 cm³/mol. The molecule has 1 aliphatic heterocycles. The molecule has 1 aromatic carbocycles. The quantitative estimate of drug-likeness (QED) is 0.556. The van der Waals surface area contributed by atoms with Crippen molar-refractivity contribution in [2.24, 2.45) is 0 Å². The number of nitro groups is 2. The number of nitrogens with zero attached hydrogens (tertiary/aromatic N) is 3. The molecule has 1 heterocycles. The molecule has 0 unspecified atom stereocenters. The molecule has 1 aliphatic rings. The summed E-state index contributed by atoms with van der Waals surface area (Å²) in [5.74, 6) is 1.94. The Kier molecular flexibility index (Phi) is 6.11. The smallest absolute Gasteiger partial charge is 0.300 e. The van der Waals surface area contributed by atoms with E-state index in [-0.39, 0.29) is 21.6 Å². The second-order valence-corrected chi connectivity index (χ2v) is 7.75. The molecule has 23 heavy (non-hydrogen) atoms. The predicted octanol–water partition coefficient (Wildman–Crippen LogP) is 4.22. The minimum atomic E-state index is -0.512. The van der Waals surface area contributed by atoms with Crippen molar-refractivity contribution in [3.05, 3.63) is 37.9 Å². The fourth-order valence-electron chi connectivity index (χ4n) is 2.58. The van der Waals surface area contributed by atoms with Gasteiger partial charge < -0.3 is 4.90 Å². The van der Waals surface area contributed by atoms with E-state index in [1.54, 1.807) is 28.4 Å². The van der Waals surface area contributed by atoms with Crippen LogP contribution in [0.25, 0.3) is 0 Å². The summed E-state index contributed by atoms with van der Waals surface area (Å²) >= 11 is 3.37. The maximum atomic E-state index is 11.5. The van der Waals surface area contributed by atoms with E-state index < -0.39 is 9.85 Å². The number of thioether (sulfide) groups is 2. The van der Waals surface area contributed by atoms with Gasteiger partial charge in [0.25, 0.3) is 11.4 Å². The van der Waals surface area contributed by atoms with Crippen LogP contribution in [0.2, 0.25) is 0 Å². The molecule has 2 rings (SSSR count). The van der Waals surface area contributed by atoms with Crippen LogP contribution < -0.4 is 4.90 Å². The van der Waals surface area contributed by atoms with Crippen LogP contribution >= 0.6 is 23.5 Å². The molecule has 7 nitrogen and oxygen atoms in total. The Morgan fingerprint density at radius 2 is 1.57 bits per heavy atom. The number of anilines is 1. The van der Waals surface area contributed by atoms with Crippen molar-refractivity contribution >= 4 is 40.6 Å². The summed E-state index contributed by atoms with van der Waals surface area (Å²) in [6.45, 7) is 4.62. The second kappa shape index (κ2) is 7.87. The molecule has 0 amide bonds. The third kappa shape index (κ3) is 3.89. The highest BCUT2D eigenvalue weighted by Gasteiger charge is 2.32. The fraction of sp³-hybridized carbons (Fsp3) is 0.571. The van der Waals surface area contributed by atoms with Gasteiger partial charge in [0.1, 0.15) is 0 Å². The first-order valence-corrected chi connectivity index (χ1v) is 9.54. The number of rotatable bonds is 6. The first-order chi connectivity index (χ1) is 11.0. The summed E-state index contributed by atoms with van der Waals surface area (Å²) in [5, 5.41) is 23.0. The number of nitro benzene ring substituents is 2. The minimum Gasteiger partial charge on any atom is -0.361 e. The molecular formula is C14H19N3O4S2. The summed E-state index contributed by atoms with van der Waals surface area (Å²) in [5.41, 5.74) is 0.419. The van der Waals surface area contributed by atoms with Gasteiger partial charge in [0.15, 0.2) is 5.69 Å². The Morgan fingerprint density at radius 3 is 1.96 bits per heavy atom. The van der Waals surface area contributed by atoms with E-state index in [4.69, 9.17) is 0 Å². The summed E-state index contributed by atoms with van der Waals surface area (Å²) in [7, 11) is 0. The van der Waals surface area contributed by atoms with Gasteiger partial charge in [-0.15, -0.1) is 23.5 Å².